The molecule has 1 N–H and O–H groups in total. The molecule has 1 heterocycles. The molecule has 0 aliphatic rings. The largest absolute Gasteiger partial charge is 0.494 e. The van der Waals surface area contributed by atoms with Crippen molar-refractivity contribution >= 4 is 11.6 Å². The highest BCUT2D eigenvalue weighted by Gasteiger charge is 2.19. The molecule has 0 saturated heterocycles. The van der Waals surface area contributed by atoms with Gasteiger partial charge in [0.1, 0.15) is 5.75 Å². The van der Waals surface area contributed by atoms with Crippen molar-refractivity contribution in [3.8, 4) is 5.75 Å². The van der Waals surface area contributed by atoms with Gasteiger partial charge in [-0.3, -0.25) is 4.68 Å². The zero-order valence-electron chi connectivity index (χ0n) is 12.1. The van der Waals surface area contributed by atoms with E-state index in [0.29, 0.717) is 5.02 Å². The fraction of sp³-hybridized carbons (Fsp3) is 0.400. The maximum absolute atomic E-state index is 6.24. The molecular weight excluding hydrogens is 274 g/mol. The average molecular weight is 294 g/mol. The Balaban J connectivity index is 2.32. The molecular formula is C15H20ClN3O. The number of rotatable bonds is 6. The standard InChI is InChI=1S/C15H20ClN3O/c1-4-8-20-12-7-5-6-11(9-12)14(17-2)15-13(16)10-18-19(15)3/h5-7,9-10,14,17H,4,8H2,1-3H3. The van der Waals surface area contributed by atoms with Gasteiger partial charge in [0.25, 0.3) is 0 Å². The minimum atomic E-state index is -0.0137. The van der Waals surface area contributed by atoms with Crippen LogP contribution >= 0.6 is 11.6 Å². The van der Waals surface area contributed by atoms with Gasteiger partial charge in [0.2, 0.25) is 0 Å². The number of hydrogen-bond donors (Lipinski definition) is 1. The molecule has 5 heteroatoms. The Labute approximate surface area is 124 Å². The quantitative estimate of drug-likeness (QED) is 0.889. The third-order valence-electron chi connectivity index (χ3n) is 3.16. The monoisotopic (exact) mass is 293 g/mol. The number of nitrogens with one attached hydrogen (secondary N) is 1. The van der Waals surface area contributed by atoms with Gasteiger partial charge in [0.15, 0.2) is 0 Å². The van der Waals surface area contributed by atoms with Crippen molar-refractivity contribution in [2.45, 2.75) is 19.4 Å². The first-order valence-electron chi connectivity index (χ1n) is 6.74. The molecule has 0 radical (unpaired) electrons. The van der Waals surface area contributed by atoms with Gasteiger partial charge in [0.05, 0.1) is 29.6 Å². The summed E-state index contributed by atoms with van der Waals surface area (Å²) in [6.07, 6.45) is 2.66. The average Bonchev–Trinajstić information content (AvgIpc) is 2.79. The van der Waals surface area contributed by atoms with Gasteiger partial charge in [-0.15, -0.1) is 0 Å². The number of aryl methyl sites for hydroxylation is 1. The summed E-state index contributed by atoms with van der Waals surface area (Å²) < 4.78 is 7.48. The summed E-state index contributed by atoms with van der Waals surface area (Å²) in [6, 6.07) is 8.05. The third-order valence-corrected chi connectivity index (χ3v) is 3.46. The van der Waals surface area contributed by atoms with E-state index < -0.39 is 0 Å². The Hall–Kier alpha value is -1.52. The molecule has 0 saturated carbocycles. The molecule has 1 aromatic heterocycles. The predicted molar refractivity (Wildman–Crippen MR) is 81.3 cm³/mol. The molecule has 4 nitrogen and oxygen atoms in total. The van der Waals surface area contributed by atoms with Gasteiger partial charge in [-0.25, -0.2) is 0 Å². The van der Waals surface area contributed by atoms with Gasteiger partial charge < -0.3 is 10.1 Å². The Morgan fingerprint density at radius 3 is 2.85 bits per heavy atom. The fourth-order valence-electron chi connectivity index (χ4n) is 2.21. The molecule has 1 aromatic carbocycles. The molecule has 0 aliphatic carbocycles. The Morgan fingerprint density at radius 2 is 2.25 bits per heavy atom. The molecule has 2 rings (SSSR count). The summed E-state index contributed by atoms with van der Waals surface area (Å²) in [5.74, 6) is 0.878. The Bertz CT molecular complexity index is 548. The first kappa shape index (κ1) is 14.9. The van der Waals surface area contributed by atoms with E-state index in [9.17, 15) is 0 Å². The third kappa shape index (κ3) is 3.14. The van der Waals surface area contributed by atoms with E-state index in [2.05, 4.69) is 23.4 Å². The van der Waals surface area contributed by atoms with Crippen molar-refractivity contribution in [2.75, 3.05) is 13.7 Å². The predicted octanol–water partition coefficient (Wildman–Crippen LogP) is 3.17. The highest BCUT2D eigenvalue weighted by Crippen LogP contribution is 2.29. The second kappa shape index (κ2) is 6.77. The smallest absolute Gasteiger partial charge is 0.119 e. The van der Waals surface area contributed by atoms with Crippen LogP contribution in [0.3, 0.4) is 0 Å². The molecule has 0 bridgehead atoms. The van der Waals surface area contributed by atoms with Gasteiger partial charge in [-0.2, -0.15) is 5.10 Å². The lowest BCUT2D eigenvalue weighted by molar-refractivity contribution is 0.317. The molecule has 1 unspecified atom stereocenters. The SMILES string of the molecule is CCCOc1cccc(C(NC)c2c(Cl)cnn2C)c1. The molecule has 2 aromatic rings. The van der Waals surface area contributed by atoms with E-state index in [1.165, 1.54) is 0 Å². The number of nitrogens with zero attached hydrogens (tertiary/aromatic N) is 2. The van der Waals surface area contributed by atoms with Crippen LogP contribution in [0.25, 0.3) is 0 Å². The number of benzene rings is 1. The second-order valence-corrected chi connectivity index (χ2v) is 5.05. The first-order valence-corrected chi connectivity index (χ1v) is 7.12. The zero-order chi connectivity index (χ0) is 14.5. The number of ether oxygens (including phenoxy) is 1. The van der Waals surface area contributed by atoms with E-state index in [1.807, 2.05) is 32.3 Å². The highest BCUT2D eigenvalue weighted by molar-refractivity contribution is 6.31. The van der Waals surface area contributed by atoms with Crippen LogP contribution in [0.5, 0.6) is 5.75 Å². The van der Waals surface area contributed by atoms with Crippen LogP contribution in [0, 0.1) is 0 Å². The van der Waals surface area contributed by atoms with Crippen LogP contribution in [-0.4, -0.2) is 23.4 Å². The first-order chi connectivity index (χ1) is 9.67. The van der Waals surface area contributed by atoms with Crippen LogP contribution in [-0.2, 0) is 7.05 Å². The Kier molecular flexibility index (Phi) is 5.04. The van der Waals surface area contributed by atoms with Gasteiger partial charge in [-0.05, 0) is 31.2 Å². The summed E-state index contributed by atoms with van der Waals surface area (Å²) in [4.78, 5) is 0. The van der Waals surface area contributed by atoms with Crippen molar-refractivity contribution in [3.05, 3.63) is 46.7 Å². The summed E-state index contributed by atoms with van der Waals surface area (Å²) in [5, 5.41) is 8.14. The lowest BCUT2D eigenvalue weighted by Gasteiger charge is -2.18. The molecule has 1 atom stereocenters. The van der Waals surface area contributed by atoms with E-state index >= 15 is 0 Å². The molecule has 0 aliphatic heterocycles. The summed E-state index contributed by atoms with van der Waals surface area (Å²) in [7, 11) is 3.80. The van der Waals surface area contributed by atoms with Crippen LogP contribution in [0.15, 0.2) is 30.5 Å². The normalized spacial score (nSPS) is 12.4. The van der Waals surface area contributed by atoms with Crippen molar-refractivity contribution in [1.82, 2.24) is 15.1 Å². The second-order valence-electron chi connectivity index (χ2n) is 4.64. The van der Waals surface area contributed by atoms with Gasteiger partial charge in [0, 0.05) is 7.05 Å². The summed E-state index contributed by atoms with van der Waals surface area (Å²) in [5.41, 5.74) is 2.05. The molecule has 0 amide bonds. The number of halogens is 1. The van der Waals surface area contributed by atoms with Gasteiger partial charge in [-0.1, -0.05) is 30.7 Å². The molecule has 0 fully saturated rings. The molecule has 20 heavy (non-hydrogen) atoms. The highest BCUT2D eigenvalue weighted by atomic mass is 35.5. The molecule has 108 valence electrons. The van der Waals surface area contributed by atoms with Crippen LogP contribution in [0.1, 0.15) is 30.6 Å². The lowest BCUT2D eigenvalue weighted by Crippen LogP contribution is -2.21. The van der Waals surface area contributed by atoms with E-state index in [-0.39, 0.29) is 6.04 Å². The number of aromatic nitrogens is 2. The topological polar surface area (TPSA) is 39.1 Å². The van der Waals surface area contributed by atoms with Crippen molar-refractivity contribution in [3.63, 3.8) is 0 Å². The van der Waals surface area contributed by atoms with Crippen LogP contribution < -0.4 is 10.1 Å². The van der Waals surface area contributed by atoms with E-state index in [1.54, 1.807) is 10.9 Å². The molecule has 0 spiro atoms. The maximum atomic E-state index is 6.24. The van der Waals surface area contributed by atoms with Crippen molar-refractivity contribution in [2.24, 2.45) is 7.05 Å². The fourth-order valence-corrected chi connectivity index (χ4v) is 2.49. The van der Waals surface area contributed by atoms with Crippen molar-refractivity contribution in [1.29, 1.82) is 0 Å². The van der Waals surface area contributed by atoms with E-state index in [4.69, 9.17) is 16.3 Å². The van der Waals surface area contributed by atoms with Gasteiger partial charge >= 0.3 is 0 Å². The van der Waals surface area contributed by atoms with E-state index in [0.717, 1.165) is 30.0 Å². The minimum absolute atomic E-state index is 0.0137. The van der Waals surface area contributed by atoms with Crippen LogP contribution in [0.4, 0.5) is 0 Å². The summed E-state index contributed by atoms with van der Waals surface area (Å²) >= 11 is 6.24. The Morgan fingerprint density at radius 1 is 1.45 bits per heavy atom. The summed E-state index contributed by atoms with van der Waals surface area (Å²) in [6.45, 7) is 2.82. The maximum Gasteiger partial charge on any atom is 0.119 e. The zero-order valence-corrected chi connectivity index (χ0v) is 12.8. The van der Waals surface area contributed by atoms with Crippen LogP contribution in [0.2, 0.25) is 5.02 Å². The van der Waals surface area contributed by atoms with Crippen molar-refractivity contribution < 1.29 is 4.74 Å². The lowest BCUT2D eigenvalue weighted by atomic mass is 10.0. The number of hydrogen-bond acceptors (Lipinski definition) is 3. The minimum Gasteiger partial charge on any atom is -0.494 e.